The smallest absolute Gasteiger partial charge is 0.258 e. The van der Waals surface area contributed by atoms with E-state index >= 15 is 0 Å². The van der Waals surface area contributed by atoms with Crippen LogP contribution < -0.4 is 0 Å². The largest absolute Gasteiger partial charge is 0.291 e. The van der Waals surface area contributed by atoms with Crippen molar-refractivity contribution < 1.29 is 4.92 Å². The molecule has 5 heteroatoms. The van der Waals surface area contributed by atoms with Crippen LogP contribution in [0.25, 0.3) is 0 Å². The molecule has 0 aliphatic rings. The zero-order valence-electron chi connectivity index (χ0n) is 11.8. The molecule has 5 nitrogen and oxygen atoms in total. The highest BCUT2D eigenvalue weighted by Gasteiger charge is 2.25. The fraction of sp³-hybridized carbons (Fsp3) is 0.467. The summed E-state index contributed by atoms with van der Waals surface area (Å²) in [6.45, 7) is 3.95. The second-order valence-electron chi connectivity index (χ2n) is 4.60. The van der Waals surface area contributed by atoms with Crippen LogP contribution in [0.5, 0.6) is 0 Å². The van der Waals surface area contributed by atoms with E-state index in [4.69, 9.17) is 5.26 Å². The fourth-order valence-electron chi connectivity index (χ4n) is 2.39. The van der Waals surface area contributed by atoms with Gasteiger partial charge in [-0.25, -0.2) is 0 Å². The number of nitrogens with zero attached hydrogens (tertiary/aromatic N) is 3. The zero-order chi connectivity index (χ0) is 15.1. The van der Waals surface area contributed by atoms with Crippen LogP contribution in [0.4, 0.5) is 5.69 Å². The topological polar surface area (TPSA) is 90.7 Å². The minimum Gasteiger partial charge on any atom is -0.258 e. The maximum Gasteiger partial charge on any atom is 0.291 e. The van der Waals surface area contributed by atoms with E-state index in [0.29, 0.717) is 24.0 Å². The van der Waals surface area contributed by atoms with Gasteiger partial charge in [-0.1, -0.05) is 32.8 Å². The van der Waals surface area contributed by atoms with E-state index in [1.807, 2.05) is 32.1 Å². The highest BCUT2D eigenvalue weighted by Crippen LogP contribution is 2.32. The summed E-state index contributed by atoms with van der Waals surface area (Å²) in [5.74, 6) is 0. The highest BCUT2D eigenvalue weighted by atomic mass is 16.6. The van der Waals surface area contributed by atoms with Crippen molar-refractivity contribution in [3.8, 4) is 12.1 Å². The average molecular weight is 271 g/mol. The van der Waals surface area contributed by atoms with Crippen LogP contribution in [-0.2, 0) is 19.3 Å². The van der Waals surface area contributed by atoms with E-state index < -0.39 is 4.92 Å². The zero-order valence-corrected chi connectivity index (χ0v) is 11.8. The van der Waals surface area contributed by atoms with Crippen molar-refractivity contribution in [3.05, 3.63) is 38.4 Å². The number of benzene rings is 1. The molecule has 0 bridgehead atoms. The summed E-state index contributed by atoms with van der Waals surface area (Å²) in [4.78, 5) is 10.8. The van der Waals surface area contributed by atoms with Gasteiger partial charge >= 0.3 is 0 Å². The lowest BCUT2D eigenvalue weighted by atomic mass is 9.90. The third-order valence-electron chi connectivity index (χ3n) is 3.17. The molecule has 1 aromatic carbocycles. The summed E-state index contributed by atoms with van der Waals surface area (Å²) in [6.07, 6.45) is 2.93. The summed E-state index contributed by atoms with van der Waals surface area (Å²) in [6, 6.07) is 5.78. The van der Waals surface area contributed by atoms with Crippen molar-refractivity contribution >= 4 is 5.69 Å². The van der Waals surface area contributed by atoms with Gasteiger partial charge in [-0.2, -0.15) is 10.5 Å². The van der Waals surface area contributed by atoms with Gasteiger partial charge in [0, 0.05) is 5.56 Å². The molecule has 1 rings (SSSR count). The molecule has 0 N–H and O–H groups in total. The molecule has 1 aromatic rings. The molecule has 0 saturated carbocycles. The average Bonchev–Trinajstić information content (AvgIpc) is 2.41. The molecular formula is C15H17N3O2. The molecule has 0 radical (unpaired) electrons. The maximum absolute atomic E-state index is 11.3. The standard InChI is InChI=1S/C15H17N3O2/c1-3-5-11-9-12(6-4-2)14(10-17)15(18(19)20)13(11)7-8-16/h9H,3-7H2,1-2H3. The molecule has 20 heavy (non-hydrogen) atoms. The quantitative estimate of drug-likeness (QED) is 0.585. The first-order valence-corrected chi connectivity index (χ1v) is 6.69. The Labute approximate surface area is 118 Å². The van der Waals surface area contributed by atoms with Crippen molar-refractivity contribution in [2.75, 3.05) is 0 Å². The molecule has 0 aliphatic heterocycles. The van der Waals surface area contributed by atoms with Gasteiger partial charge in [-0.15, -0.1) is 0 Å². The Morgan fingerprint density at radius 1 is 1.20 bits per heavy atom. The summed E-state index contributed by atoms with van der Waals surface area (Å²) in [7, 11) is 0. The number of aryl methyl sites for hydroxylation is 2. The highest BCUT2D eigenvalue weighted by molar-refractivity contribution is 5.62. The fourth-order valence-corrected chi connectivity index (χ4v) is 2.39. The predicted molar refractivity (Wildman–Crippen MR) is 75.1 cm³/mol. The van der Waals surface area contributed by atoms with E-state index in [-0.39, 0.29) is 17.7 Å². The van der Waals surface area contributed by atoms with Gasteiger partial charge in [0.25, 0.3) is 5.69 Å². The van der Waals surface area contributed by atoms with Gasteiger partial charge < -0.3 is 0 Å². The first kappa shape index (κ1) is 15.7. The molecule has 0 fully saturated rings. The molecule has 0 amide bonds. The van der Waals surface area contributed by atoms with Crippen molar-refractivity contribution in [2.45, 2.75) is 46.0 Å². The van der Waals surface area contributed by atoms with Crippen LogP contribution >= 0.6 is 0 Å². The third kappa shape index (κ3) is 3.13. The summed E-state index contributed by atoms with van der Waals surface area (Å²) in [5, 5.41) is 29.5. The Morgan fingerprint density at radius 2 is 1.80 bits per heavy atom. The van der Waals surface area contributed by atoms with Gasteiger partial charge in [-0.3, -0.25) is 10.1 Å². The minimum absolute atomic E-state index is 0.0350. The van der Waals surface area contributed by atoms with Gasteiger partial charge in [-0.05, 0) is 24.0 Å². The van der Waals surface area contributed by atoms with Crippen molar-refractivity contribution in [2.24, 2.45) is 0 Å². The molecule has 0 unspecified atom stereocenters. The molecule has 0 aromatic heterocycles. The van der Waals surface area contributed by atoms with E-state index in [1.54, 1.807) is 0 Å². The van der Waals surface area contributed by atoms with Gasteiger partial charge in [0.05, 0.1) is 17.4 Å². The Hall–Kier alpha value is -2.40. The van der Waals surface area contributed by atoms with E-state index in [2.05, 4.69) is 0 Å². The number of rotatable bonds is 6. The number of nitriles is 2. The number of hydrogen-bond donors (Lipinski definition) is 0. The maximum atomic E-state index is 11.3. The van der Waals surface area contributed by atoms with Crippen LogP contribution in [0.3, 0.4) is 0 Å². The monoisotopic (exact) mass is 271 g/mol. The number of nitro benzene ring substituents is 1. The van der Waals surface area contributed by atoms with Crippen molar-refractivity contribution in [3.63, 3.8) is 0 Å². The molecule has 0 spiro atoms. The van der Waals surface area contributed by atoms with Gasteiger partial charge in [0.2, 0.25) is 0 Å². The molecule has 0 heterocycles. The predicted octanol–water partition coefficient (Wildman–Crippen LogP) is 3.44. The Kier molecular flexibility index (Phi) is 5.68. The third-order valence-corrected chi connectivity index (χ3v) is 3.17. The lowest BCUT2D eigenvalue weighted by Crippen LogP contribution is -2.06. The summed E-state index contributed by atoms with van der Waals surface area (Å²) >= 11 is 0. The lowest BCUT2D eigenvalue weighted by molar-refractivity contribution is -0.385. The summed E-state index contributed by atoms with van der Waals surface area (Å²) in [5.41, 5.74) is 1.87. The molecular weight excluding hydrogens is 254 g/mol. The molecule has 104 valence electrons. The van der Waals surface area contributed by atoms with Gasteiger partial charge in [0.1, 0.15) is 11.6 Å². The van der Waals surface area contributed by atoms with Crippen molar-refractivity contribution in [1.82, 2.24) is 0 Å². The van der Waals surface area contributed by atoms with Crippen LogP contribution in [0.1, 0.15) is 48.9 Å². The second-order valence-corrected chi connectivity index (χ2v) is 4.60. The normalized spacial score (nSPS) is 9.80. The minimum atomic E-state index is -0.524. The number of nitro groups is 1. The lowest BCUT2D eigenvalue weighted by Gasteiger charge is -2.12. The van der Waals surface area contributed by atoms with Crippen LogP contribution in [0.2, 0.25) is 0 Å². The molecule has 0 saturated heterocycles. The van der Waals surface area contributed by atoms with Crippen LogP contribution in [-0.4, -0.2) is 4.92 Å². The van der Waals surface area contributed by atoms with Crippen LogP contribution in [0, 0.1) is 32.8 Å². The van der Waals surface area contributed by atoms with Crippen molar-refractivity contribution in [1.29, 1.82) is 10.5 Å². The Balaban J connectivity index is 3.67. The Bertz CT molecular complexity index is 595. The van der Waals surface area contributed by atoms with E-state index in [0.717, 1.165) is 18.4 Å². The summed E-state index contributed by atoms with van der Waals surface area (Å²) < 4.78 is 0. The SMILES string of the molecule is CCCc1cc(CCC)c(CC#N)c([N+](=O)[O-])c1C#N. The number of hydrogen-bond acceptors (Lipinski definition) is 4. The Morgan fingerprint density at radius 3 is 2.25 bits per heavy atom. The van der Waals surface area contributed by atoms with E-state index in [9.17, 15) is 15.4 Å². The molecule has 0 aliphatic carbocycles. The van der Waals surface area contributed by atoms with Crippen LogP contribution in [0.15, 0.2) is 6.07 Å². The first-order chi connectivity index (χ1) is 9.60. The van der Waals surface area contributed by atoms with E-state index in [1.165, 1.54) is 0 Å². The second kappa shape index (κ2) is 7.25. The first-order valence-electron chi connectivity index (χ1n) is 6.69. The molecule has 0 atom stereocenters. The van der Waals surface area contributed by atoms with Gasteiger partial charge in [0.15, 0.2) is 0 Å².